The molecule has 2 atom stereocenters. The molecule has 0 aromatic heterocycles. The molecule has 3 aliphatic rings. The molecule has 104 valence electrons. The van der Waals surface area contributed by atoms with E-state index < -0.39 is 10.2 Å². The van der Waals surface area contributed by atoms with E-state index in [0.717, 1.165) is 25.7 Å². The predicted molar refractivity (Wildman–Crippen MR) is 70.5 cm³/mol. The topological polar surface area (TPSA) is 43.9 Å². The van der Waals surface area contributed by atoms with E-state index in [4.69, 9.17) is 0 Å². The molecule has 0 spiro atoms. The first-order valence-electron chi connectivity index (χ1n) is 7.06. The summed E-state index contributed by atoms with van der Waals surface area (Å²) in [5, 5.41) is 0. The van der Waals surface area contributed by atoms with E-state index >= 15 is 0 Å². The Bertz CT molecular complexity index is 406. The van der Waals surface area contributed by atoms with Gasteiger partial charge in [0.15, 0.2) is 0 Å². The van der Waals surface area contributed by atoms with Crippen LogP contribution < -0.4 is 0 Å². The Morgan fingerprint density at radius 2 is 1.56 bits per heavy atom. The van der Waals surface area contributed by atoms with Gasteiger partial charge in [-0.2, -0.15) is 17.0 Å². The van der Waals surface area contributed by atoms with Gasteiger partial charge in [-0.05, 0) is 39.2 Å². The minimum atomic E-state index is -3.19. The lowest BCUT2D eigenvalue weighted by Crippen LogP contribution is -2.46. The van der Waals surface area contributed by atoms with Gasteiger partial charge in [-0.3, -0.25) is 4.90 Å². The molecule has 0 aromatic rings. The number of rotatable bonds is 2. The van der Waals surface area contributed by atoms with Crippen molar-refractivity contribution in [3.63, 3.8) is 0 Å². The van der Waals surface area contributed by atoms with Gasteiger partial charge in [0.25, 0.3) is 10.2 Å². The van der Waals surface area contributed by atoms with Crippen molar-refractivity contribution < 1.29 is 8.42 Å². The first kappa shape index (κ1) is 12.8. The van der Waals surface area contributed by atoms with Crippen LogP contribution in [0.5, 0.6) is 0 Å². The maximum Gasteiger partial charge on any atom is 0.282 e. The summed E-state index contributed by atoms with van der Waals surface area (Å²) in [4.78, 5) is 2.39. The minimum absolute atomic E-state index is 0.426. The SMILES string of the molecule is CN1[C@H]2CC[C@H]1CN(S(=O)(=O)N1CCCC1)CC2. The van der Waals surface area contributed by atoms with E-state index in [-0.39, 0.29) is 0 Å². The Labute approximate surface area is 110 Å². The zero-order valence-corrected chi connectivity index (χ0v) is 11.9. The van der Waals surface area contributed by atoms with Gasteiger partial charge in [0.05, 0.1) is 0 Å². The van der Waals surface area contributed by atoms with Crippen LogP contribution in [0, 0.1) is 0 Å². The lowest BCUT2D eigenvalue weighted by Gasteiger charge is -2.28. The molecule has 0 aromatic carbocycles. The summed E-state index contributed by atoms with van der Waals surface area (Å²) in [6, 6.07) is 1.02. The average molecular weight is 273 g/mol. The third kappa shape index (κ3) is 2.09. The van der Waals surface area contributed by atoms with E-state index in [2.05, 4.69) is 11.9 Å². The van der Waals surface area contributed by atoms with Crippen molar-refractivity contribution in [2.75, 3.05) is 33.2 Å². The van der Waals surface area contributed by atoms with Crippen molar-refractivity contribution in [2.24, 2.45) is 0 Å². The Morgan fingerprint density at radius 3 is 2.28 bits per heavy atom. The van der Waals surface area contributed by atoms with Gasteiger partial charge in [0.2, 0.25) is 0 Å². The number of likely N-dealkylation sites (N-methyl/N-ethyl adjacent to an activating group) is 1. The molecule has 18 heavy (non-hydrogen) atoms. The molecule has 0 aliphatic carbocycles. The summed E-state index contributed by atoms with van der Waals surface area (Å²) in [7, 11) is -1.04. The zero-order chi connectivity index (χ0) is 12.8. The average Bonchev–Trinajstić information content (AvgIpc) is 2.88. The van der Waals surface area contributed by atoms with E-state index in [1.54, 1.807) is 8.61 Å². The van der Waals surface area contributed by atoms with Crippen LogP contribution >= 0.6 is 0 Å². The molecule has 2 bridgehead atoms. The second-order valence-corrected chi connectivity index (χ2v) is 7.74. The molecule has 0 N–H and O–H groups in total. The summed E-state index contributed by atoms with van der Waals surface area (Å²) in [5.74, 6) is 0. The minimum Gasteiger partial charge on any atom is -0.299 e. The van der Waals surface area contributed by atoms with Crippen LogP contribution in [0.4, 0.5) is 0 Å². The smallest absolute Gasteiger partial charge is 0.282 e. The maximum absolute atomic E-state index is 12.6. The summed E-state index contributed by atoms with van der Waals surface area (Å²) in [6.45, 7) is 2.81. The third-order valence-electron chi connectivity index (χ3n) is 4.83. The molecular weight excluding hydrogens is 250 g/mol. The fourth-order valence-electron chi connectivity index (χ4n) is 3.57. The second kappa shape index (κ2) is 4.74. The second-order valence-electron chi connectivity index (χ2n) is 5.81. The summed E-state index contributed by atoms with van der Waals surface area (Å²) in [6.07, 6.45) is 5.39. The van der Waals surface area contributed by atoms with Crippen LogP contribution in [-0.2, 0) is 10.2 Å². The van der Waals surface area contributed by atoms with Crippen LogP contribution in [0.2, 0.25) is 0 Å². The normalized spacial score (nSPS) is 36.1. The van der Waals surface area contributed by atoms with Gasteiger partial charge >= 0.3 is 0 Å². The van der Waals surface area contributed by atoms with Gasteiger partial charge < -0.3 is 0 Å². The van der Waals surface area contributed by atoms with Gasteiger partial charge in [-0.25, -0.2) is 0 Å². The first-order valence-corrected chi connectivity index (χ1v) is 8.46. The maximum atomic E-state index is 12.6. The van der Waals surface area contributed by atoms with Crippen LogP contribution in [-0.4, -0.2) is 67.2 Å². The van der Waals surface area contributed by atoms with Crippen LogP contribution in [0.3, 0.4) is 0 Å². The Morgan fingerprint density at radius 1 is 0.889 bits per heavy atom. The van der Waals surface area contributed by atoms with Crippen molar-refractivity contribution >= 4 is 10.2 Å². The van der Waals surface area contributed by atoms with E-state index in [1.165, 1.54) is 6.42 Å². The Balaban J connectivity index is 1.76. The summed E-state index contributed by atoms with van der Waals surface area (Å²) >= 11 is 0. The zero-order valence-electron chi connectivity index (χ0n) is 11.1. The van der Waals surface area contributed by atoms with Gasteiger partial charge in [-0.15, -0.1) is 0 Å². The van der Waals surface area contributed by atoms with E-state index in [1.807, 2.05) is 0 Å². The monoisotopic (exact) mass is 273 g/mol. The molecule has 3 rings (SSSR count). The predicted octanol–water partition coefficient (Wildman–Crippen LogP) is 0.496. The van der Waals surface area contributed by atoms with Crippen molar-refractivity contribution in [3.05, 3.63) is 0 Å². The summed E-state index contributed by atoms with van der Waals surface area (Å²) < 4.78 is 28.5. The molecule has 3 heterocycles. The molecule has 5 nitrogen and oxygen atoms in total. The highest BCUT2D eigenvalue weighted by Crippen LogP contribution is 2.30. The summed E-state index contributed by atoms with van der Waals surface area (Å²) in [5.41, 5.74) is 0. The van der Waals surface area contributed by atoms with E-state index in [9.17, 15) is 8.42 Å². The first-order chi connectivity index (χ1) is 8.59. The number of fused-ring (bicyclic) bond motifs is 2. The molecular formula is C12H23N3O2S. The fraction of sp³-hybridized carbons (Fsp3) is 1.00. The Kier molecular flexibility index (Phi) is 3.38. The highest BCUT2D eigenvalue weighted by atomic mass is 32.2. The largest absolute Gasteiger partial charge is 0.299 e. The quantitative estimate of drug-likeness (QED) is 0.736. The van der Waals surface area contributed by atoms with Crippen molar-refractivity contribution in [1.29, 1.82) is 0 Å². The highest BCUT2D eigenvalue weighted by molar-refractivity contribution is 7.86. The molecule has 0 unspecified atom stereocenters. The highest BCUT2D eigenvalue weighted by Gasteiger charge is 2.40. The lowest BCUT2D eigenvalue weighted by molar-refractivity contribution is 0.245. The standard InChI is InChI=1S/C12H23N3O2S/c1-13-11-4-5-12(13)10-15(9-6-11)18(16,17)14-7-2-3-8-14/h11-12H,2-10H2,1H3/t11-,12-/m0/s1. The number of hydrogen-bond donors (Lipinski definition) is 0. The molecule has 0 amide bonds. The van der Waals surface area contributed by atoms with Crippen molar-refractivity contribution in [2.45, 2.75) is 44.2 Å². The molecule has 3 fully saturated rings. The molecule has 0 saturated carbocycles. The van der Waals surface area contributed by atoms with Crippen LogP contribution in [0.1, 0.15) is 32.1 Å². The van der Waals surface area contributed by atoms with Gasteiger partial charge in [-0.1, -0.05) is 0 Å². The Hall–Kier alpha value is -0.170. The molecule has 6 heteroatoms. The van der Waals surface area contributed by atoms with E-state index in [0.29, 0.717) is 38.3 Å². The molecule has 3 saturated heterocycles. The van der Waals surface area contributed by atoms with Crippen molar-refractivity contribution in [3.8, 4) is 0 Å². The lowest BCUT2D eigenvalue weighted by atomic mass is 10.1. The molecule has 0 radical (unpaired) electrons. The van der Waals surface area contributed by atoms with Gasteiger partial charge in [0.1, 0.15) is 0 Å². The molecule has 3 aliphatic heterocycles. The third-order valence-corrected chi connectivity index (χ3v) is 6.83. The number of nitrogens with zero attached hydrogens (tertiary/aromatic N) is 3. The fourth-order valence-corrected chi connectivity index (χ4v) is 5.31. The van der Waals surface area contributed by atoms with Gasteiger partial charge in [0, 0.05) is 38.3 Å². The van der Waals surface area contributed by atoms with Crippen LogP contribution in [0.25, 0.3) is 0 Å². The number of hydrogen-bond acceptors (Lipinski definition) is 3. The van der Waals surface area contributed by atoms with Crippen LogP contribution in [0.15, 0.2) is 0 Å². The van der Waals surface area contributed by atoms with Crippen molar-refractivity contribution in [1.82, 2.24) is 13.5 Å².